The van der Waals surface area contributed by atoms with Crippen LogP contribution in [-0.2, 0) is 9.59 Å². The van der Waals surface area contributed by atoms with E-state index in [2.05, 4.69) is 5.32 Å². The number of hydrogen-bond acceptors (Lipinski definition) is 3. The Balaban J connectivity index is 0.00000144. The van der Waals surface area contributed by atoms with Gasteiger partial charge in [-0.25, -0.2) is 0 Å². The third-order valence-corrected chi connectivity index (χ3v) is 3.41. The molecule has 6 heteroatoms. The fourth-order valence-corrected chi connectivity index (χ4v) is 2.54. The van der Waals surface area contributed by atoms with Crippen LogP contribution in [0.3, 0.4) is 0 Å². The summed E-state index contributed by atoms with van der Waals surface area (Å²) < 4.78 is 0. The second-order valence-electron chi connectivity index (χ2n) is 4.73. The van der Waals surface area contributed by atoms with Crippen molar-refractivity contribution >= 4 is 24.2 Å². The molecule has 0 aromatic heterocycles. The maximum Gasteiger partial charge on any atom is 0.239 e. The summed E-state index contributed by atoms with van der Waals surface area (Å²) in [6, 6.07) is 0.154. The Bertz CT molecular complexity index is 298. The first-order chi connectivity index (χ1) is 7.66. The molecule has 0 bridgehead atoms. The molecule has 2 unspecified atom stereocenters. The minimum Gasteiger partial charge on any atom is -0.353 e. The van der Waals surface area contributed by atoms with Crippen LogP contribution in [0.4, 0.5) is 0 Å². The van der Waals surface area contributed by atoms with Crippen molar-refractivity contribution in [2.24, 2.45) is 11.7 Å². The summed E-state index contributed by atoms with van der Waals surface area (Å²) in [5.41, 5.74) is 5.87. The highest BCUT2D eigenvalue weighted by Gasteiger charge is 2.30. The molecule has 0 aromatic rings. The zero-order valence-electron chi connectivity index (χ0n) is 9.85. The van der Waals surface area contributed by atoms with E-state index in [1.165, 1.54) is 0 Å². The SMILES string of the molecule is Cl.NC1CCCC(C(=O)N2CCNC(=O)C2)C1. The molecule has 3 N–H and O–H groups in total. The molecule has 1 aliphatic carbocycles. The standard InChI is InChI=1S/C11H19N3O2.ClH/c12-9-3-1-2-8(6-9)11(16)14-5-4-13-10(15)7-14;/h8-9H,1-7,12H2,(H,13,15);1H. The Labute approximate surface area is 108 Å². The Morgan fingerprint density at radius 1 is 1.41 bits per heavy atom. The van der Waals surface area contributed by atoms with Crippen molar-refractivity contribution in [3.63, 3.8) is 0 Å². The van der Waals surface area contributed by atoms with E-state index in [0.29, 0.717) is 13.1 Å². The largest absolute Gasteiger partial charge is 0.353 e. The Morgan fingerprint density at radius 2 is 2.18 bits per heavy atom. The molecule has 0 aromatic carbocycles. The van der Waals surface area contributed by atoms with E-state index in [0.717, 1.165) is 25.7 Å². The van der Waals surface area contributed by atoms with Crippen molar-refractivity contribution in [1.29, 1.82) is 0 Å². The Kier molecular flexibility index (Phi) is 5.21. The normalized spacial score (nSPS) is 29.2. The van der Waals surface area contributed by atoms with Crippen LogP contribution in [0.5, 0.6) is 0 Å². The lowest BCUT2D eigenvalue weighted by Crippen LogP contribution is -2.52. The van der Waals surface area contributed by atoms with Crippen molar-refractivity contribution in [1.82, 2.24) is 10.2 Å². The second-order valence-corrected chi connectivity index (χ2v) is 4.73. The van der Waals surface area contributed by atoms with Gasteiger partial charge >= 0.3 is 0 Å². The smallest absolute Gasteiger partial charge is 0.239 e. The zero-order valence-corrected chi connectivity index (χ0v) is 10.7. The molecule has 0 radical (unpaired) electrons. The van der Waals surface area contributed by atoms with E-state index in [4.69, 9.17) is 5.73 Å². The van der Waals surface area contributed by atoms with E-state index in [-0.39, 0.29) is 42.7 Å². The average Bonchev–Trinajstić information content (AvgIpc) is 2.28. The van der Waals surface area contributed by atoms with Crippen LogP contribution in [0.2, 0.25) is 0 Å². The fourth-order valence-electron chi connectivity index (χ4n) is 2.54. The van der Waals surface area contributed by atoms with Crippen LogP contribution in [0, 0.1) is 5.92 Å². The molecule has 0 spiro atoms. The van der Waals surface area contributed by atoms with Gasteiger partial charge in [-0.2, -0.15) is 0 Å². The topological polar surface area (TPSA) is 75.4 Å². The van der Waals surface area contributed by atoms with Gasteiger partial charge in [-0.1, -0.05) is 6.42 Å². The number of rotatable bonds is 1. The van der Waals surface area contributed by atoms with Gasteiger partial charge in [0.15, 0.2) is 0 Å². The molecule has 2 atom stereocenters. The summed E-state index contributed by atoms with van der Waals surface area (Å²) in [5, 5.41) is 2.72. The van der Waals surface area contributed by atoms with E-state index >= 15 is 0 Å². The van der Waals surface area contributed by atoms with Crippen molar-refractivity contribution in [2.75, 3.05) is 19.6 Å². The number of halogens is 1. The van der Waals surface area contributed by atoms with Crippen molar-refractivity contribution < 1.29 is 9.59 Å². The summed E-state index contributed by atoms with van der Waals surface area (Å²) in [7, 11) is 0. The molecule has 1 saturated carbocycles. The molecule has 2 fully saturated rings. The van der Waals surface area contributed by atoms with Crippen LogP contribution < -0.4 is 11.1 Å². The molecular weight excluding hydrogens is 242 g/mol. The predicted octanol–water partition coefficient (Wildman–Crippen LogP) is -0.116. The lowest BCUT2D eigenvalue weighted by Gasteiger charge is -2.33. The third-order valence-electron chi connectivity index (χ3n) is 3.41. The molecule has 2 aliphatic rings. The van der Waals surface area contributed by atoms with Gasteiger partial charge in [0, 0.05) is 25.0 Å². The lowest BCUT2D eigenvalue weighted by atomic mass is 9.85. The van der Waals surface area contributed by atoms with Gasteiger partial charge in [-0.05, 0) is 19.3 Å². The highest BCUT2D eigenvalue weighted by atomic mass is 35.5. The highest BCUT2D eigenvalue weighted by molar-refractivity contribution is 5.87. The van der Waals surface area contributed by atoms with Gasteiger partial charge in [0.05, 0.1) is 6.54 Å². The number of hydrogen-bond donors (Lipinski definition) is 2. The van der Waals surface area contributed by atoms with E-state index in [1.807, 2.05) is 0 Å². The van der Waals surface area contributed by atoms with E-state index < -0.39 is 0 Å². The van der Waals surface area contributed by atoms with Gasteiger partial charge in [0.2, 0.25) is 11.8 Å². The second kappa shape index (κ2) is 6.21. The molecule has 1 aliphatic heterocycles. The minimum atomic E-state index is -0.0558. The number of amides is 2. The number of carbonyl (C=O) groups excluding carboxylic acids is 2. The van der Waals surface area contributed by atoms with Crippen molar-refractivity contribution in [3.05, 3.63) is 0 Å². The van der Waals surface area contributed by atoms with Crippen molar-refractivity contribution in [3.8, 4) is 0 Å². The third kappa shape index (κ3) is 3.57. The summed E-state index contributed by atoms with van der Waals surface area (Å²) in [6.45, 7) is 1.42. The molecule has 2 rings (SSSR count). The fraction of sp³-hybridized carbons (Fsp3) is 0.818. The quantitative estimate of drug-likeness (QED) is 0.691. The molecular formula is C11H20ClN3O2. The molecule has 1 saturated heterocycles. The number of nitrogens with one attached hydrogen (secondary N) is 1. The predicted molar refractivity (Wildman–Crippen MR) is 66.8 cm³/mol. The first-order valence-corrected chi connectivity index (χ1v) is 5.98. The molecule has 17 heavy (non-hydrogen) atoms. The van der Waals surface area contributed by atoms with Gasteiger partial charge < -0.3 is 16.0 Å². The van der Waals surface area contributed by atoms with Gasteiger partial charge in [0.25, 0.3) is 0 Å². The summed E-state index contributed by atoms with van der Waals surface area (Å²) in [6.07, 6.45) is 3.74. The first-order valence-electron chi connectivity index (χ1n) is 5.98. The zero-order chi connectivity index (χ0) is 11.5. The van der Waals surface area contributed by atoms with Gasteiger partial charge in [0.1, 0.15) is 0 Å². The summed E-state index contributed by atoms with van der Waals surface area (Å²) in [5.74, 6) is 0.0966. The highest BCUT2D eigenvalue weighted by Crippen LogP contribution is 2.25. The molecule has 2 amide bonds. The number of piperazine rings is 1. The average molecular weight is 262 g/mol. The maximum atomic E-state index is 12.1. The Morgan fingerprint density at radius 3 is 2.82 bits per heavy atom. The first kappa shape index (κ1) is 14.3. The van der Waals surface area contributed by atoms with Crippen LogP contribution in [0.25, 0.3) is 0 Å². The van der Waals surface area contributed by atoms with Gasteiger partial charge in [-0.3, -0.25) is 9.59 Å². The Hall–Kier alpha value is -0.810. The summed E-state index contributed by atoms with van der Waals surface area (Å²) >= 11 is 0. The maximum absolute atomic E-state index is 12.1. The number of nitrogens with zero attached hydrogens (tertiary/aromatic N) is 1. The van der Waals surface area contributed by atoms with Crippen LogP contribution in [0.1, 0.15) is 25.7 Å². The van der Waals surface area contributed by atoms with Crippen LogP contribution >= 0.6 is 12.4 Å². The van der Waals surface area contributed by atoms with Crippen LogP contribution in [0.15, 0.2) is 0 Å². The lowest BCUT2D eigenvalue weighted by molar-refractivity contribution is -0.142. The van der Waals surface area contributed by atoms with E-state index in [9.17, 15) is 9.59 Å². The monoisotopic (exact) mass is 261 g/mol. The number of nitrogens with two attached hydrogens (primary N) is 1. The summed E-state index contributed by atoms with van der Waals surface area (Å²) in [4.78, 5) is 25.0. The van der Waals surface area contributed by atoms with Crippen molar-refractivity contribution in [2.45, 2.75) is 31.7 Å². The molecule has 98 valence electrons. The van der Waals surface area contributed by atoms with Gasteiger partial charge in [-0.15, -0.1) is 12.4 Å². The van der Waals surface area contributed by atoms with Crippen LogP contribution in [-0.4, -0.2) is 42.4 Å². The van der Waals surface area contributed by atoms with E-state index in [1.54, 1.807) is 4.90 Å². The molecule has 5 nitrogen and oxygen atoms in total. The molecule has 1 heterocycles. The minimum absolute atomic E-state index is 0. The number of carbonyl (C=O) groups is 2.